The molecule has 3 rings (SSSR count). The summed E-state index contributed by atoms with van der Waals surface area (Å²) in [5.41, 5.74) is 1.47. The molecule has 132 valence electrons. The molecule has 1 aromatic heterocycles. The zero-order valence-corrected chi connectivity index (χ0v) is 15.2. The van der Waals surface area contributed by atoms with Gasteiger partial charge >= 0.3 is 6.09 Å². The summed E-state index contributed by atoms with van der Waals surface area (Å²) in [5, 5.41) is 0. The molecule has 0 spiro atoms. The van der Waals surface area contributed by atoms with Gasteiger partial charge in [0.1, 0.15) is 17.1 Å². The van der Waals surface area contributed by atoms with Gasteiger partial charge in [0.05, 0.1) is 5.69 Å². The molecular formula is C20H24N2O3. The van der Waals surface area contributed by atoms with Gasteiger partial charge in [0.2, 0.25) is 0 Å². The van der Waals surface area contributed by atoms with Gasteiger partial charge in [-0.15, -0.1) is 0 Å². The lowest BCUT2D eigenvalue weighted by atomic mass is 9.93. The lowest BCUT2D eigenvalue weighted by molar-refractivity contribution is 0.0288. The number of hydrogen-bond donors (Lipinski definition) is 0. The van der Waals surface area contributed by atoms with Crippen molar-refractivity contribution in [3.63, 3.8) is 0 Å². The van der Waals surface area contributed by atoms with Crippen LogP contribution in [0.4, 0.5) is 4.79 Å². The number of likely N-dealkylation sites (N-methyl/N-ethyl adjacent to an activating group) is 1. The highest BCUT2D eigenvalue weighted by Gasteiger charge is 2.28. The lowest BCUT2D eigenvalue weighted by Gasteiger charge is -2.27. The van der Waals surface area contributed by atoms with E-state index in [2.05, 4.69) is 11.1 Å². The molecule has 0 aliphatic carbocycles. The van der Waals surface area contributed by atoms with E-state index in [0.717, 1.165) is 22.8 Å². The molecule has 1 atom stereocenters. The quantitative estimate of drug-likeness (QED) is 0.814. The van der Waals surface area contributed by atoms with Crippen LogP contribution in [0.3, 0.4) is 0 Å². The molecule has 0 bridgehead atoms. The molecule has 1 aromatic carbocycles. The Balaban J connectivity index is 1.86. The third kappa shape index (κ3) is 4.10. The predicted molar refractivity (Wildman–Crippen MR) is 96.1 cm³/mol. The van der Waals surface area contributed by atoms with Crippen molar-refractivity contribution in [2.45, 2.75) is 38.7 Å². The molecule has 2 heterocycles. The number of benzene rings is 1. The van der Waals surface area contributed by atoms with Crippen molar-refractivity contribution in [3.05, 3.63) is 53.9 Å². The Kier molecular flexibility index (Phi) is 4.66. The first-order valence-electron chi connectivity index (χ1n) is 8.48. The van der Waals surface area contributed by atoms with Crippen LogP contribution in [0.1, 0.15) is 37.9 Å². The van der Waals surface area contributed by atoms with E-state index in [-0.39, 0.29) is 12.0 Å². The predicted octanol–water partition coefficient (Wildman–Crippen LogP) is 4.38. The van der Waals surface area contributed by atoms with Crippen molar-refractivity contribution in [2.24, 2.45) is 0 Å². The summed E-state index contributed by atoms with van der Waals surface area (Å²) < 4.78 is 11.5. The molecule has 0 N–H and O–H groups in total. The number of carbonyl (C=O) groups excluding carboxylic acids is 1. The molecular weight excluding hydrogens is 316 g/mol. The van der Waals surface area contributed by atoms with Crippen molar-refractivity contribution in [3.8, 4) is 11.5 Å². The number of rotatable bonds is 2. The highest BCUT2D eigenvalue weighted by atomic mass is 16.6. The molecule has 1 amide bonds. The van der Waals surface area contributed by atoms with Crippen LogP contribution in [-0.4, -0.2) is 35.2 Å². The molecule has 5 nitrogen and oxygen atoms in total. The highest BCUT2D eigenvalue weighted by molar-refractivity contribution is 5.68. The molecule has 0 unspecified atom stereocenters. The van der Waals surface area contributed by atoms with Gasteiger partial charge in [0.25, 0.3) is 0 Å². The van der Waals surface area contributed by atoms with Gasteiger partial charge in [-0.05, 0) is 39.0 Å². The molecule has 0 radical (unpaired) electrons. The molecule has 1 aliphatic heterocycles. The van der Waals surface area contributed by atoms with Crippen molar-refractivity contribution >= 4 is 6.09 Å². The van der Waals surface area contributed by atoms with E-state index in [1.54, 1.807) is 18.1 Å². The third-order valence-corrected chi connectivity index (χ3v) is 4.07. The van der Waals surface area contributed by atoms with Crippen LogP contribution in [0, 0.1) is 0 Å². The first-order chi connectivity index (χ1) is 11.8. The van der Waals surface area contributed by atoms with Crippen molar-refractivity contribution < 1.29 is 14.3 Å². The lowest BCUT2D eigenvalue weighted by Crippen LogP contribution is -2.36. The molecule has 0 saturated heterocycles. The van der Waals surface area contributed by atoms with Crippen LogP contribution in [0.2, 0.25) is 0 Å². The summed E-state index contributed by atoms with van der Waals surface area (Å²) in [4.78, 5) is 18.4. The van der Waals surface area contributed by atoms with Crippen molar-refractivity contribution in [2.75, 3.05) is 13.6 Å². The van der Waals surface area contributed by atoms with E-state index < -0.39 is 5.60 Å². The van der Waals surface area contributed by atoms with Crippen LogP contribution in [0.5, 0.6) is 11.5 Å². The molecule has 25 heavy (non-hydrogen) atoms. The van der Waals surface area contributed by atoms with E-state index >= 15 is 0 Å². The van der Waals surface area contributed by atoms with Crippen LogP contribution in [0.15, 0.2) is 42.6 Å². The largest absolute Gasteiger partial charge is 0.455 e. The molecule has 0 fully saturated rings. The van der Waals surface area contributed by atoms with Gasteiger partial charge < -0.3 is 14.4 Å². The fourth-order valence-corrected chi connectivity index (χ4v) is 2.95. The van der Waals surface area contributed by atoms with Gasteiger partial charge in [-0.3, -0.25) is 4.98 Å². The first kappa shape index (κ1) is 17.3. The van der Waals surface area contributed by atoms with Gasteiger partial charge in [-0.2, -0.15) is 0 Å². The summed E-state index contributed by atoms with van der Waals surface area (Å²) in [6.45, 7) is 6.14. The molecule has 2 aromatic rings. The number of ether oxygens (including phenoxy) is 2. The second-order valence-corrected chi connectivity index (χ2v) is 7.35. The Bertz CT molecular complexity index is 768. The fourth-order valence-electron chi connectivity index (χ4n) is 2.95. The summed E-state index contributed by atoms with van der Waals surface area (Å²) in [6, 6.07) is 11.8. The maximum absolute atomic E-state index is 12.3. The summed E-state index contributed by atoms with van der Waals surface area (Å²) in [6.07, 6.45) is 2.16. The number of aromatic nitrogens is 1. The Morgan fingerprint density at radius 1 is 1.24 bits per heavy atom. The van der Waals surface area contributed by atoms with Crippen LogP contribution >= 0.6 is 0 Å². The summed E-state index contributed by atoms with van der Waals surface area (Å²) in [5.74, 6) is 1.68. The third-order valence-electron chi connectivity index (χ3n) is 4.07. The van der Waals surface area contributed by atoms with E-state index in [9.17, 15) is 4.79 Å². The smallest absolute Gasteiger partial charge is 0.410 e. The highest BCUT2D eigenvalue weighted by Crippen LogP contribution is 2.38. The minimum Gasteiger partial charge on any atom is -0.455 e. The topological polar surface area (TPSA) is 51.7 Å². The number of hydrogen-bond acceptors (Lipinski definition) is 4. The average Bonchev–Trinajstić information content (AvgIpc) is 2.69. The molecule has 1 aliphatic rings. The van der Waals surface area contributed by atoms with E-state index in [0.29, 0.717) is 13.0 Å². The van der Waals surface area contributed by atoms with E-state index in [1.165, 1.54) is 0 Å². The minimum atomic E-state index is -0.510. The fraction of sp³-hybridized carbons (Fsp3) is 0.400. The monoisotopic (exact) mass is 340 g/mol. The second kappa shape index (κ2) is 6.75. The van der Waals surface area contributed by atoms with Gasteiger partial charge in [-0.1, -0.05) is 18.2 Å². The Morgan fingerprint density at radius 2 is 1.96 bits per heavy atom. The molecule has 5 heteroatoms. The first-order valence-corrected chi connectivity index (χ1v) is 8.48. The summed E-state index contributed by atoms with van der Waals surface area (Å²) in [7, 11) is 1.77. The number of fused-ring (bicyclic) bond motifs is 2. The SMILES string of the molecule is CN(C[C@@H]1Cc2ncccc2Oc2ccccc21)C(=O)OC(C)(C)C. The van der Waals surface area contributed by atoms with Crippen LogP contribution in [-0.2, 0) is 11.2 Å². The number of carbonyl (C=O) groups is 1. The Hall–Kier alpha value is -2.56. The van der Waals surface area contributed by atoms with Gasteiger partial charge in [0, 0.05) is 37.7 Å². The average molecular weight is 340 g/mol. The Labute approximate surface area is 148 Å². The van der Waals surface area contributed by atoms with Gasteiger partial charge in [0.15, 0.2) is 0 Å². The summed E-state index contributed by atoms with van der Waals surface area (Å²) >= 11 is 0. The van der Waals surface area contributed by atoms with Crippen LogP contribution < -0.4 is 4.74 Å². The van der Waals surface area contributed by atoms with Gasteiger partial charge in [-0.25, -0.2) is 4.79 Å². The standard InChI is InChI=1S/C20H24N2O3/c1-20(2,3)25-19(23)22(4)13-14-12-16-18(10-7-11-21-16)24-17-9-6-5-8-15(14)17/h5-11,14H,12-13H2,1-4H3/t14-/m0/s1. The van der Waals surface area contributed by atoms with Crippen LogP contribution in [0.25, 0.3) is 0 Å². The van der Waals surface area contributed by atoms with Crippen molar-refractivity contribution in [1.29, 1.82) is 0 Å². The number of para-hydroxylation sites is 1. The zero-order chi connectivity index (χ0) is 18.0. The Morgan fingerprint density at radius 3 is 2.72 bits per heavy atom. The second-order valence-electron chi connectivity index (χ2n) is 7.35. The van der Waals surface area contributed by atoms with E-state index in [1.807, 2.05) is 51.1 Å². The number of nitrogens with zero attached hydrogens (tertiary/aromatic N) is 2. The maximum Gasteiger partial charge on any atom is 0.410 e. The molecule has 0 saturated carbocycles. The minimum absolute atomic E-state index is 0.0878. The zero-order valence-electron chi connectivity index (χ0n) is 15.2. The number of amides is 1. The van der Waals surface area contributed by atoms with Crippen molar-refractivity contribution in [1.82, 2.24) is 9.88 Å². The normalized spacial score (nSPS) is 16.1. The maximum atomic E-state index is 12.3. The number of pyridine rings is 1. The van der Waals surface area contributed by atoms with E-state index in [4.69, 9.17) is 9.47 Å².